The van der Waals surface area contributed by atoms with Gasteiger partial charge in [-0.3, -0.25) is 14.6 Å². The number of rotatable bonds is 13. The molecule has 2 amide bonds. The van der Waals surface area contributed by atoms with Gasteiger partial charge in [-0.2, -0.15) is 12.6 Å². The molecule has 9 nitrogen and oxygen atoms in total. The number of carbonyl (C=O) groups excluding carboxylic acids is 2. The van der Waals surface area contributed by atoms with E-state index < -0.39 is 5.91 Å². The Kier molecular flexibility index (Phi) is 12.9. The summed E-state index contributed by atoms with van der Waals surface area (Å²) in [6.45, 7) is 3.83. The van der Waals surface area contributed by atoms with Crippen LogP contribution in [0.25, 0.3) is 10.9 Å². The maximum atomic E-state index is 12.5. The first kappa shape index (κ1) is 32.2. The molecule has 3 N–H and O–H groups in total. The molecule has 1 aromatic heterocycles. The highest BCUT2D eigenvalue weighted by molar-refractivity contribution is 7.79. The molecule has 4 aromatic rings. The van der Waals surface area contributed by atoms with Crippen LogP contribution in [-0.4, -0.2) is 43.8 Å². The van der Waals surface area contributed by atoms with Crippen LogP contribution in [-0.2, 0) is 16.1 Å². The van der Waals surface area contributed by atoms with Crippen molar-refractivity contribution in [3.05, 3.63) is 78.5 Å². The average Bonchev–Trinajstić information content (AvgIpc) is 3.01. The van der Waals surface area contributed by atoms with Crippen molar-refractivity contribution in [2.75, 3.05) is 37.7 Å². The molecule has 0 aliphatic carbocycles. The zero-order chi connectivity index (χ0) is 30.3. The number of thiol groups is 1. The summed E-state index contributed by atoms with van der Waals surface area (Å²) in [4.78, 5) is 29.3. The molecule has 3 aromatic carbocycles. The predicted molar refractivity (Wildman–Crippen MR) is 171 cm³/mol. The minimum Gasteiger partial charge on any atom is -0.493 e. The van der Waals surface area contributed by atoms with E-state index in [4.69, 9.17) is 14.2 Å². The summed E-state index contributed by atoms with van der Waals surface area (Å²) in [6, 6.07) is 19.9. The number of ether oxygens (including phenoxy) is 3. The van der Waals surface area contributed by atoms with Crippen LogP contribution in [0.5, 0.6) is 23.0 Å². The second-order valence-corrected chi connectivity index (χ2v) is 9.16. The van der Waals surface area contributed by atoms with Gasteiger partial charge in [0.25, 0.3) is 0 Å². The lowest BCUT2D eigenvalue weighted by atomic mass is 10.2. The monoisotopic (exact) mass is 590 g/mol. The quantitative estimate of drug-likeness (QED) is 0.0805. The van der Waals surface area contributed by atoms with E-state index >= 15 is 0 Å². The standard InChI is InChI=1S/C31H34N4O5.CH4S/c1-4-5-14-32-20-21-7-6-8-23(16-21)35-31(37)19-30(36)34-22-9-11-24(12-10-22)40-27-13-15-33-26-18-29(39-3)28(38-2)17-25(26)27;1-2/h6-13,15-18,32H,4-5,14,19-20H2,1-3H3,(H,34,36)(H,35,37);2H,1H3. The summed E-state index contributed by atoms with van der Waals surface area (Å²) in [7, 11) is 3.15. The molecule has 0 saturated heterocycles. The summed E-state index contributed by atoms with van der Waals surface area (Å²) in [5, 5.41) is 9.69. The number of nitrogens with zero attached hydrogens (tertiary/aromatic N) is 1. The molecular formula is C32H38N4O5S. The number of nitrogens with one attached hydrogen (secondary N) is 3. The highest BCUT2D eigenvalue weighted by Crippen LogP contribution is 2.37. The van der Waals surface area contributed by atoms with Crippen LogP contribution in [0.3, 0.4) is 0 Å². The zero-order valence-corrected chi connectivity index (χ0v) is 25.3. The number of aromatic nitrogens is 1. The number of amides is 2. The zero-order valence-electron chi connectivity index (χ0n) is 24.4. The fourth-order valence-corrected chi connectivity index (χ4v) is 4.12. The van der Waals surface area contributed by atoms with Gasteiger partial charge in [-0.1, -0.05) is 25.5 Å². The molecule has 0 atom stereocenters. The first-order valence-corrected chi connectivity index (χ1v) is 14.5. The fourth-order valence-electron chi connectivity index (χ4n) is 4.12. The number of carbonyl (C=O) groups is 2. The Morgan fingerprint density at radius 1 is 0.833 bits per heavy atom. The van der Waals surface area contributed by atoms with Gasteiger partial charge >= 0.3 is 0 Å². The highest BCUT2D eigenvalue weighted by Gasteiger charge is 2.13. The van der Waals surface area contributed by atoms with Gasteiger partial charge in [-0.15, -0.1) is 0 Å². The van der Waals surface area contributed by atoms with E-state index in [1.54, 1.807) is 63.1 Å². The molecule has 0 unspecified atom stereocenters. The largest absolute Gasteiger partial charge is 0.493 e. The Hall–Kier alpha value is -4.28. The van der Waals surface area contributed by atoms with Gasteiger partial charge in [0.2, 0.25) is 11.8 Å². The Morgan fingerprint density at radius 2 is 1.52 bits per heavy atom. The normalized spacial score (nSPS) is 10.3. The first-order chi connectivity index (χ1) is 20.5. The molecule has 0 bridgehead atoms. The second kappa shape index (κ2) is 16.9. The van der Waals surface area contributed by atoms with Crippen molar-refractivity contribution in [2.24, 2.45) is 0 Å². The first-order valence-electron chi connectivity index (χ1n) is 13.6. The molecular weight excluding hydrogens is 552 g/mol. The minimum absolute atomic E-state index is 0.300. The maximum Gasteiger partial charge on any atom is 0.233 e. The van der Waals surface area contributed by atoms with Crippen LogP contribution in [0, 0.1) is 0 Å². The Balaban J connectivity index is 0.00000237. The number of methoxy groups -OCH3 is 2. The van der Waals surface area contributed by atoms with Crippen LogP contribution in [0.1, 0.15) is 31.7 Å². The van der Waals surface area contributed by atoms with Crippen molar-refractivity contribution < 1.29 is 23.8 Å². The number of anilines is 2. The van der Waals surface area contributed by atoms with Gasteiger partial charge in [0.1, 0.15) is 17.9 Å². The molecule has 42 heavy (non-hydrogen) atoms. The average molecular weight is 591 g/mol. The van der Waals surface area contributed by atoms with Crippen molar-refractivity contribution >= 4 is 46.7 Å². The molecule has 10 heteroatoms. The van der Waals surface area contributed by atoms with Crippen LogP contribution >= 0.6 is 12.6 Å². The van der Waals surface area contributed by atoms with Gasteiger partial charge in [-0.25, -0.2) is 0 Å². The summed E-state index contributed by atoms with van der Waals surface area (Å²) in [6.07, 6.45) is 5.31. The van der Waals surface area contributed by atoms with Gasteiger partial charge in [0, 0.05) is 35.6 Å². The molecule has 4 rings (SSSR count). The van der Waals surface area contributed by atoms with Crippen LogP contribution in [0.15, 0.2) is 72.9 Å². The molecule has 0 aliphatic heterocycles. The van der Waals surface area contributed by atoms with Gasteiger partial charge in [-0.05, 0) is 73.3 Å². The second-order valence-electron chi connectivity index (χ2n) is 9.16. The lowest BCUT2D eigenvalue weighted by Crippen LogP contribution is -2.21. The van der Waals surface area contributed by atoms with E-state index in [2.05, 4.69) is 40.5 Å². The smallest absolute Gasteiger partial charge is 0.233 e. The molecule has 0 saturated carbocycles. The molecule has 1 heterocycles. The fraction of sp³-hybridized carbons (Fsp3) is 0.281. The Labute approximate surface area is 252 Å². The number of fused-ring (bicyclic) bond motifs is 1. The van der Waals surface area contributed by atoms with Crippen molar-refractivity contribution in [1.82, 2.24) is 10.3 Å². The summed E-state index contributed by atoms with van der Waals surface area (Å²) in [5.41, 5.74) is 2.98. The summed E-state index contributed by atoms with van der Waals surface area (Å²) >= 11 is 3.53. The third-order valence-electron chi connectivity index (χ3n) is 6.14. The topological polar surface area (TPSA) is 111 Å². The molecule has 222 valence electrons. The lowest BCUT2D eigenvalue weighted by Gasteiger charge is -2.13. The molecule has 0 radical (unpaired) electrons. The Morgan fingerprint density at radius 3 is 2.21 bits per heavy atom. The molecule has 0 aliphatic rings. The van der Waals surface area contributed by atoms with E-state index in [1.165, 1.54) is 0 Å². The van der Waals surface area contributed by atoms with E-state index in [1.807, 2.05) is 30.3 Å². The SMILES string of the molecule is CCCCNCc1cccc(NC(=O)CC(=O)Nc2ccc(Oc3ccnc4cc(OC)c(OC)cc34)cc2)c1.CS. The van der Waals surface area contributed by atoms with E-state index in [0.717, 1.165) is 36.9 Å². The van der Waals surface area contributed by atoms with E-state index in [-0.39, 0.29) is 12.3 Å². The predicted octanol–water partition coefficient (Wildman–Crippen LogP) is 6.45. The number of hydrogen-bond donors (Lipinski definition) is 4. The lowest BCUT2D eigenvalue weighted by molar-refractivity contribution is -0.123. The van der Waals surface area contributed by atoms with Crippen molar-refractivity contribution in [2.45, 2.75) is 32.7 Å². The minimum atomic E-state index is -0.412. The number of hydrogen-bond acceptors (Lipinski definition) is 8. The van der Waals surface area contributed by atoms with E-state index in [9.17, 15) is 9.59 Å². The molecule has 0 spiro atoms. The van der Waals surface area contributed by atoms with Crippen molar-refractivity contribution in [3.8, 4) is 23.0 Å². The number of benzene rings is 3. The Bertz CT molecular complexity index is 1460. The molecule has 0 fully saturated rings. The van der Waals surface area contributed by atoms with Crippen molar-refractivity contribution in [3.63, 3.8) is 0 Å². The third-order valence-corrected chi connectivity index (χ3v) is 6.14. The van der Waals surface area contributed by atoms with Crippen LogP contribution in [0.4, 0.5) is 11.4 Å². The summed E-state index contributed by atoms with van der Waals surface area (Å²) in [5.74, 6) is 1.52. The number of pyridine rings is 1. The maximum absolute atomic E-state index is 12.5. The van der Waals surface area contributed by atoms with Crippen LogP contribution in [0.2, 0.25) is 0 Å². The highest BCUT2D eigenvalue weighted by atomic mass is 32.1. The van der Waals surface area contributed by atoms with Gasteiger partial charge < -0.3 is 30.2 Å². The van der Waals surface area contributed by atoms with Gasteiger partial charge in [0.15, 0.2) is 11.5 Å². The van der Waals surface area contributed by atoms with Gasteiger partial charge in [0.05, 0.1) is 19.7 Å². The number of unbranched alkanes of at least 4 members (excludes halogenated alkanes) is 1. The summed E-state index contributed by atoms with van der Waals surface area (Å²) < 4.78 is 16.9. The van der Waals surface area contributed by atoms with Crippen molar-refractivity contribution in [1.29, 1.82) is 0 Å². The third kappa shape index (κ3) is 9.39. The van der Waals surface area contributed by atoms with Crippen LogP contribution < -0.4 is 30.2 Å². The van der Waals surface area contributed by atoms with E-state index in [0.29, 0.717) is 39.9 Å².